The zero-order valence-electron chi connectivity index (χ0n) is 12.3. The second-order valence-electron chi connectivity index (χ2n) is 5.33. The highest BCUT2D eigenvalue weighted by Gasteiger charge is 2.34. The number of hydrogen-bond acceptors (Lipinski definition) is 3. The van der Waals surface area contributed by atoms with Crippen molar-refractivity contribution in [3.05, 3.63) is 71.8 Å². The monoisotopic (exact) mass is 301 g/mol. The van der Waals surface area contributed by atoms with Crippen molar-refractivity contribution in [3.8, 4) is 0 Å². The van der Waals surface area contributed by atoms with E-state index in [1.54, 1.807) is 0 Å². The first-order valence-electron chi connectivity index (χ1n) is 7.15. The second-order valence-corrected chi connectivity index (χ2v) is 7.03. The molecule has 0 aromatic heterocycles. The molecular formula is C17H20NO2P. The predicted octanol–water partition coefficient (Wildman–Crippen LogP) is 4.69. The first kappa shape index (κ1) is 14.7. The van der Waals surface area contributed by atoms with Gasteiger partial charge in [-0.2, -0.15) is 0 Å². The molecule has 0 N–H and O–H groups in total. The van der Waals surface area contributed by atoms with Gasteiger partial charge < -0.3 is 9.05 Å². The molecule has 0 saturated carbocycles. The highest BCUT2D eigenvalue weighted by Crippen LogP contribution is 2.56. The van der Waals surface area contributed by atoms with Gasteiger partial charge in [0, 0.05) is 6.42 Å². The van der Waals surface area contributed by atoms with Gasteiger partial charge in [0.1, 0.15) is 0 Å². The minimum absolute atomic E-state index is 0.0821. The van der Waals surface area contributed by atoms with Gasteiger partial charge in [0.05, 0.1) is 12.2 Å². The maximum atomic E-state index is 6.15. The average molecular weight is 301 g/mol. The molecular weight excluding hydrogens is 281 g/mol. The van der Waals surface area contributed by atoms with Crippen LogP contribution >= 0.6 is 8.53 Å². The first-order chi connectivity index (χ1) is 10.2. The molecule has 3 atom stereocenters. The Kier molecular flexibility index (Phi) is 4.67. The molecule has 1 aliphatic heterocycles. The van der Waals surface area contributed by atoms with Crippen molar-refractivity contribution in [3.63, 3.8) is 0 Å². The summed E-state index contributed by atoms with van der Waals surface area (Å²) in [6.07, 6.45) is 1.01. The van der Waals surface area contributed by atoms with Gasteiger partial charge >= 0.3 is 0 Å². The minimum Gasteiger partial charge on any atom is -0.314 e. The van der Waals surface area contributed by atoms with Crippen molar-refractivity contribution in [1.82, 2.24) is 4.67 Å². The summed E-state index contributed by atoms with van der Waals surface area (Å²) in [5, 5.41) is 0. The van der Waals surface area contributed by atoms with Crippen molar-refractivity contribution >= 4 is 8.53 Å². The Hall–Kier alpha value is -1.25. The Labute approximate surface area is 127 Å². The van der Waals surface area contributed by atoms with Crippen LogP contribution < -0.4 is 0 Å². The van der Waals surface area contributed by atoms with E-state index < -0.39 is 8.53 Å². The maximum absolute atomic E-state index is 6.15. The van der Waals surface area contributed by atoms with Crippen LogP contribution in [0.1, 0.15) is 29.8 Å². The zero-order valence-corrected chi connectivity index (χ0v) is 13.2. The molecule has 3 rings (SSSR count). The van der Waals surface area contributed by atoms with Crippen LogP contribution in [0.3, 0.4) is 0 Å². The Morgan fingerprint density at radius 2 is 1.24 bits per heavy atom. The average Bonchev–Trinajstić information content (AvgIpc) is 2.56. The SMILES string of the molecule is CN(C)P1OC(c2ccccc2)C[C@@H](c2ccccc2)O1. The molecule has 0 bridgehead atoms. The summed E-state index contributed by atoms with van der Waals surface area (Å²) in [4.78, 5) is 0. The first-order valence-corrected chi connectivity index (χ1v) is 8.28. The summed E-state index contributed by atoms with van der Waals surface area (Å²) in [7, 11) is 2.98. The molecule has 1 saturated heterocycles. The smallest absolute Gasteiger partial charge is 0.259 e. The largest absolute Gasteiger partial charge is 0.314 e. The topological polar surface area (TPSA) is 21.7 Å². The molecule has 1 aliphatic rings. The third-order valence-corrected chi connectivity index (χ3v) is 5.06. The Morgan fingerprint density at radius 3 is 1.62 bits per heavy atom. The standard InChI is InChI=1S/C17H20NO2P/c1-18(2)21-19-16(14-9-5-3-6-10-14)13-17(20-21)15-11-7-4-8-12-15/h3-12,16-17H,13H2,1-2H3/t16-,17?,21?/m0/s1. The fraction of sp³-hybridized carbons (Fsp3) is 0.294. The molecule has 0 radical (unpaired) electrons. The molecule has 3 nitrogen and oxygen atoms in total. The minimum atomic E-state index is -1.02. The highest BCUT2D eigenvalue weighted by atomic mass is 31.2. The lowest BCUT2D eigenvalue weighted by atomic mass is 9.99. The van der Waals surface area contributed by atoms with Gasteiger partial charge in [-0.3, -0.25) is 0 Å². The van der Waals surface area contributed by atoms with Crippen LogP contribution in [0.15, 0.2) is 60.7 Å². The van der Waals surface area contributed by atoms with Crippen molar-refractivity contribution in [2.24, 2.45) is 0 Å². The highest BCUT2D eigenvalue weighted by molar-refractivity contribution is 7.44. The summed E-state index contributed by atoms with van der Waals surface area (Å²) in [5.74, 6) is 0. The maximum Gasteiger partial charge on any atom is 0.259 e. The number of rotatable bonds is 3. The van der Waals surface area contributed by atoms with E-state index in [2.05, 4.69) is 48.5 Å². The quantitative estimate of drug-likeness (QED) is 0.767. The van der Waals surface area contributed by atoms with E-state index >= 15 is 0 Å². The Bertz CT molecular complexity index is 514. The van der Waals surface area contributed by atoms with Crippen LogP contribution in [-0.2, 0) is 9.05 Å². The molecule has 1 heterocycles. The van der Waals surface area contributed by atoms with Gasteiger partial charge in [-0.1, -0.05) is 60.7 Å². The normalized spacial score (nSPS) is 26.0. The third-order valence-electron chi connectivity index (χ3n) is 3.53. The van der Waals surface area contributed by atoms with Crippen molar-refractivity contribution in [2.45, 2.75) is 18.6 Å². The van der Waals surface area contributed by atoms with E-state index in [1.807, 2.05) is 30.9 Å². The van der Waals surface area contributed by atoms with E-state index in [0.29, 0.717) is 0 Å². The summed E-state index contributed by atoms with van der Waals surface area (Å²) in [5.41, 5.74) is 2.44. The van der Waals surface area contributed by atoms with Gasteiger partial charge in [0.25, 0.3) is 8.53 Å². The zero-order chi connectivity index (χ0) is 14.7. The summed E-state index contributed by atoms with van der Waals surface area (Å²) in [6, 6.07) is 20.8. The molecule has 2 unspecified atom stereocenters. The Morgan fingerprint density at radius 1 is 0.810 bits per heavy atom. The van der Waals surface area contributed by atoms with Gasteiger partial charge in [-0.05, 0) is 25.2 Å². The fourth-order valence-corrected chi connectivity index (χ4v) is 3.72. The number of hydrogen-bond donors (Lipinski definition) is 0. The van der Waals surface area contributed by atoms with Crippen LogP contribution in [0.4, 0.5) is 0 Å². The van der Waals surface area contributed by atoms with E-state index in [0.717, 1.165) is 6.42 Å². The molecule has 1 fully saturated rings. The van der Waals surface area contributed by atoms with E-state index in [1.165, 1.54) is 11.1 Å². The molecule has 2 aromatic carbocycles. The van der Waals surface area contributed by atoms with Crippen molar-refractivity contribution in [2.75, 3.05) is 14.1 Å². The van der Waals surface area contributed by atoms with Crippen LogP contribution in [0.5, 0.6) is 0 Å². The van der Waals surface area contributed by atoms with Crippen LogP contribution in [0.25, 0.3) is 0 Å². The lowest BCUT2D eigenvalue weighted by molar-refractivity contribution is 0.0381. The van der Waals surface area contributed by atoms with Gasteiger partial charge in [-0.25, -0.2) is 4.67 Å². The molecule has 0 amide bonds. The number of benzene rings is 2. The van der Waals surface area contributed by atoms with Crippen LogP contribution in [-0.4, -0.2) is 18.8 Å². The second kappa shape index (κ2) is 6.67. The summed E-state index contributed by atoms with van der Waals surface area (Å²) < 4.78 is 14.3. The van der Waals surface area contributed by atoms with Gasteiger partial charge in [0.15, 0.2) is 0 Å². The van der Waals surface area contributed by atoms with Crippen LogP contribution in [0, 0.1) is 0 Å². The van der Waals surface area contributed by atoms with Crippen molar-refractivity contribution in [1.29, 1.82) is 0 Å². The van der Waals surface area contributed by atoms with Gasteiger partial charge in [0.2, 0.25) is 0 Å². The van der Waals surface area contributed by atoms with E-state index in [9.17, 15) is 0 Å². The Balaban J connectivity index is 1.85. The third kappa shape index (κ3) is 3.50. The summed E-state index contributed by atoms with van der Waals surface area (Å²) in [6.45, 7) is 0. The molecule has 4 heteroatoms. The predicted molar refractivity (Wildman–Crippen MR) is 85.8 cm³/mol. The summed E-state index contributed by atoms with van der Waals surface area (Å²) >= 11 is 0. The molecule has 110 valence electrons. The fourth-order valence-electron chi connectivity index (χ4n) is 2.44. The molecule has 0 spiro atoms. The van der Waals surface area contributed by atoms with E-state index in [-0.39, 0.29) is 12.2 Å². The molecule has 2 aromatic rings. The molecule has 21 heavy (non-hydrogen) atoms. The lowest BCUT2D eigenvalue weighted by Crippen LogP contribution is -2.21. The lowest BCUT2D eigenvalue weighted by Gasteiger charge is -2.37. The number of nitrogens with zero attached hydrogens (tertiary/aromatic N) is 1. The molecule has 0 aliphatic carbocycles. The van der Waals surface area contributed by atoms with Crippen molar-refractivity contribution < 1.29 is 9.05 Å². The van der Waals surface area contributed by atoms with E-state index in [4.69, 9.17) is 9.05 Å². The van der Waals surface area contributed by atoms with Gasteiger partial charge in [-0.15, -0.1) is 0 Å². The van der Waals surface area contributed by atoms with Crippen LogP contribution in [0.2, 0.25) is 0 Å².